The van der Waals surface area contributed by atoms with Crippen molar-refractivity contribution in [3.63, 3.8) is 0 Å². The Hall–Kier alpha value is -3.81. The van der Waals surface area contributed by atoms with E-state index >= 15 is 0 Å². The van der Waals surface area contributed by atoms with E-state index in [2.05, 4.69) is 25.4 Å². The lowest BCUT2D eigenvalue weighted by Gasteiger charge is -2.10. The standard InChI is InChI=1S/C19H16N6O2/c1-2-13-5-3-7-17(23-13)24-19(26)16-9-15(11-25-18(16)21-12-22-25)27-14-6-4-8-20-10-14/h3-12H,2H2,1H3,(H,23,24,26). The van der Waals surface area contributed by atoms with E-state index in [9.17, 15) is 4.79 Å². The molecule has 8 heteroatoms. The van der Waals surface area contributed by atoms with Crippen LogP contribution in [0.5, 0.6) is 11.5 Å². The van der Waals surface area contributed by atoms with Crippen molar-refractivity contribution in [3.8, 4) is 11.5 Å². The number of aryl methyl sites for hydroxylation is 1. The van der Waals surface area contributed by atoms with Crippen LogP contribution in [0.25, 0.3) is 5.65 Å². The van der Waals surface area contributed by atoms with Gasteiger partial charge >= 0.3 is 0 Å². The van der Waals surface area contributed by atoms with Crippen LogP contribution in [0, 0.1) is 0 Å². The molecule has 0 bridgehead atoms. The largest absolute Gasteiger partial charge is 0.454 e. The Morgan fingerprint density at radius 3 is 2.96 bits per heavy atom. The van der Waals surface area contributed by atoms with Gasteiger partial charge in [-0.15, -0.1) is 0 Å². The highest BCUT2D eigenvalue weighted by atomic mass is 16.5. The van der Waals surface area contributed by atoms with Gasteiger partial charge in [-0.1, -0.05) is 13.0 Å². The molecular weight excluding hydrogens is 344 g/mol. The second-order valence-electron chi connectivity index (χ2n) is 5.73. The number of anilines is 1. The van der Waals surface area contributed by atoms with E-state index in [4.69, 9.17) is 4.74 Å². The van der Waals surface area contributed by atoms with Gasteiger partial charge in [0.1, 0.15) is 23.6 Å². The highest BCUT2D eigenvalue weighted by Gasteiger charge is 2.16. The quantitative estimate of drug-likeness (QED) is 0.588. The molecule has 8 nitrogen and oxygen atoms in total. The van der Waals surface area contributed by atoms with E-state index in [1.54, 1.807) is 42.9 Å². The van der Waals surface area contributed by atoms with E-state index in [-0.39, 0.29) is 5.91 Å². The number of fused-ring (bicyclic) bond motifs is 1. The summed E-state index contributed by atoms with van der Waals surface area (Å²) in [4.78, 5) is 25.4. The molecule has 4 aromatic heterocycles. The molecule has 4 heterocycles. The smallest absolute Gasteiger partial charge is 0.260 e. The number of ether oxygens (including phenoxy) is 1. The Kier molecular flexibility index (Phi) is 4.44. The Balaban J connectivity index is 1.67. The number of nitrogens with one attached hydrogen (secondary N) is 1. The Bertz CT molecular complexity index is 1090. The molecule has 1 amide bonds. The lowest BCUT2D eigenvalue weighted by molar-refractivity contribution is 0.102. The zero-order chi connectivity index (χ0) is 18.6. The maximum atomic E-state index is 12.8. The van der Waals surface area contributed by atoms with E-state index in [0.717, 1.165) is 12.1 Å². The normalized spacial score (nSPS) is 10.7. The molecule has 27 heavy (non-hydrogen) atoms. The monoisotopic (exact) mass is 360 g/mol. The third kappa shape index (κ3) is 3.59. The predicted octanol–water partition coefficient (Wildman–Crippen LogP) is 3.13. The highest BCUT2D eigenvalue weighted by Crippen LogP contribution is 2.23. The van der Waals surface area contributed by atoms with Crippen molar-refractivity contribution in [1.29, 1.82) is 0 Å². The first-order valence-electron chi connectivity index (χ1n) is 8.41. The summed E-state index contributed by atoms with van der Waals surface area (Å²) in [7, 11) is 0. The number of nitrogens with zero attached hydrogens (tertiary/aromatic N) is 5. The topological polar surface area (TPSA) is 94.3 Å². The summed E-state index contributed by atoms with van der Waals surface area (Å²) >= 11 is 0. The molecule has 0 fully saturated rings. The van der Waals surface area contributed by atoms with Crippen LogP contribution >= 0.6 is 0 Å². The van der Waals surface area contributed by atoms with Crippen molar-refractivity contribution in [2.75, 3.05) is 5.32 Å². The summed E-state index contributed by atoms with van der Waals surface area (Å²) in [6.45, 7) is 2.01. The lowest BCUT2D eigenvalue weighted by atomic mass is 10.2. The van der Waals surface area contributed by atoms with Gasteiger partial charge in [0.2, 0.25) is 0 Å². The number of rotatable bonds is 5. The summed E-state index contributed by atoms with van der Waals surface area (Å²) in [6, 6.07) is 10.7. The minimum atomic E-state index is -0.342. The van der Waals surface area contributed by atoms with Crippen LogP contribution in [-0.2, 0) is 6.42 Å². The number of amides is 1. The summed E-state index contributed by atoms with van der Waals surface area (Å²) in [5, 5.41) is 6.92. The fourth-order valence-electron chi connectivity index (χ4n) is 2.60. The molecular formula is C19H16N6O2. The average Bonchev–Trinajstić information content (AvgIpc) is 3.17. The molecule has 0 aromatic carbocycles. The third-order valence-electron chi connectivity index (χ3n) is 3.88. The van der Waals surface area contributed by atoms with Crippen LogP contribution in [0.2, 0.25) is 0 Å². The maximum absolute atomic E-state index is 12.8. The highest BCUT2D eigenvalue weighted by molar-refractivity contribution is 6.08. The van der Waals surface area contributed by atoms with Gasteiger partial charge in [0, 0.05) is 11.9 Å². The van der Waals surface area contributed by atoms with Crippen LogP contribution in [0.1, 0.15) is 23.0 Å². The molecule has 0 aliphatic heterocycles. The number of hydrogen-bond donors (Lipinski definition) is 1. The third-order valence-corrected chi connectivity index (χ3v) is 3.88. The molecule has 0 atom stereocenters. The second kappa shape index (κ2) is 7.20. The molecule has 0 unspecified atom stereocenters. The van der Waals surface area contributed by atoms with Gasteiger partial charge in [0.25, 0.3) is 5.91 Å². The first-order valence-corrected chi connectivity index (χ1v) is 8.41. The van der Waals surface area contributed by atoms with Crippen LogP contribution in [0.3, 0.4) is 0 Å². The minimum Gasteiger partial charge on any atom is -0.454 e. The van der Waals surface area contributed by atoms with Crippen LogP contribution in [-0.4, -0.2) is 30.5 Å². The van der Waals surface area contributed by atoms with Crippen LogP contribution in [0.4, 0.5) is 5.82 Å². The lowest BCUT2D eigenvalue weighted by Crippen LogP contribution is -2.15. The van der Waals surface area contributed by atoms with E-state index < -0.39 is 0 Å². The van der Waals surface area contributed by atoms with Gasteiger partial charge in [-0.2, -0.15) is 5.10 Å². The van der Waals surface area contributed by atoms with Crippen LogP contribution in [0.15, 0.2) is 61.3 Å². The molecule has 0 saturated heterocycles. The molecule has 0 spiro atoms. The van der Waals surface area contributed by atoms with Crippen molar-refractivity contribution >= 4 is 17.4 Å². The fourth-order valence-corrected chi connectivity index (χ4v) is 2.60. The van der Waals surface area contributed by atoms with Gasteiger partial charge in [-0.3, -0.25) is 9.78 Å². The fraction of sp³-hybridized carbons (Fsp3) is 0.105. The van der Waals surface area contributed by atoms with E-state index in [1.807, 2.05) is 19.1 Å². The van der Waals surface area contributed by atoms with Crippen molar-refractivity contribution in [2.24, 2.45) is 0 Å². The average molecular weight is 360 g/mol. The Morgan fingerprint density at radius 1 is 1.22 bits per heavy atom. The summed E-state index contributed by atoms with van der Waals surface area (Å²) in [5.74, 6) is 1.14. The SMILES string of the molecule is CCc1cccc(NC(=O)c2cc(Oc3cccnc3)cn3ncnc23)n1. The predicted molar refractivity (Wildman–Crippen MR) is 98.9 cm³/mol. The molecule has 1 N–H and O–H groups in total. The molecule has 0 aliphatic rings. The molecule has 4 aromatic rings. The molecule has 0 saturated carbocycles. The van der Waals surface area contributed by atoms with Crippen molar-refractivity contribution in [2.45, 2.75) is 13.3 Å². The van der Waals surface area contributed by atoms with Crippen molar-refractivity contribution in [1.82, 2.24) is 24.6 Å². The van der Waals surface area contributed by atoms with Gasteiger partial charge in [-0.05, 0) is 36.8 Å². The summed E-state index contributed by atoms with van der Waals surface area (Å²) in [6.07, 6.45) is 7.07. The van der Waals surface area contributed by atoms with Gasteiger partial charge in [-0.25, -0.2) is 14.5 Å². The van der Waals surface area contributed by atoms with Crippen molar-refractivity contribution in [3.05, 3.63) is 72.6 Å². The second-order valence-corrected chi connectivity index (χ2v) is 5.73. The maximum Gasteiger partial charge on any atom is 0.260 e. The molecule has 134 valence electrons. The Morgan fingerprint density at radius 2 is 2.15 bits per heavy atom. The van der Waals surface area contributed by atoms with Gasteiger partial charge in [0.05, 0.1) is 18.0 Å². The van der Waals surface area contributed by atoms with Gasteiger partial charge < -0.3 is 10.1 Å². The molecule has 0 aliphatic carbocycles. The number of aromatic nitrogens is 5. The zero-order valence-corrected chi connectivity index (χ0v) is 14.5. The van der Waals surface area contributed by atoms with Gasteiger partial charge in [0.15, 0.2) is 5.65 Å². The van der Waals surface area contributed by atoms with Crippen LogP contribution < -0.4 is 10.1 Å². The number of hydrogen-bond acceptors (Lipinski definition) is 6. The molecule has 0 radical (unpaired) electrons. The van der Waals surface area contributed by atoms with Crippen molar-refractivity contribution < 1.29 is 9.53 Å². The number of carbonyl (C=O) groups excluding carboxylic acids is 1. The number of carbonyl (C=O) groups is 1. The summed E-state index contributed by atoms with van der Waals surface area (Å²) < 4.78 is 7.28. The first kappa shape index (κ1) is 16.6. The zero-order valence-electron chi connectivity index (χ0n) is 14.5. The minimum absolute atomic E-state index is 0.331. The molecule has 4 rings (SSSR count). The Labute approximate surface area is 154 Å². The van der Waals surface area contributed by atoms with E-state index in [0.29, 0.717) is 28.5 Å². The van der Waals surface area contributed by atoms with E-state index in [1.165, 1.54) is 10.8 Å². The summed E-state index contributed by atoms with van der Waals surface area (Å²) in [5.41, 5.74) is 1.66. The number of pyridine rings is 3. The first-order chi connectivity index (χ1) is 13.2.